The van der Waals surface area contributed by atoms with E-state index < -0.39 is 0 Å². The Hall–Kier alpha value is -2.83. The summed E-state index contributed by atoms with van der Waals surface area (Å²) >= 11 is 1.62. The average molecular weight is 362 g/mol. The molecule has 130 valence electrons. The third-order valence-electron chi connectivity index (χ3n) is 4.00. The highest BCUT2D eigenvalue weighted by atomic mass is 32.1. The Bertz CT molecular complexity index is 1000. The maximum Gasteiger partial charge on any atom is 0.158 e. The molecule has 4 rings (SSSR count). The molecule has 0 bridgehead atoms. The van der Waals surface area contributed by atoms with Gasteiger partial charge in [-0.1, -0.05) is 36.4 Å². The van der Waals surface area contributed by atoms with Crippen LogP contribution in [0.3, 0.4) is 0 Å². The van der Waals surface area contributed by atoms with Crippen molar-refractivity contribution in [3.63, 3.8) is 0 Å². The number of anilines is 1. The maximum atomic E-state index is 5.23. The summed E-state index contributed by atoms with van der Waals surface area (Å²) in [6.07, 6.45) is 1.79. The van der Waals surface area contributed by atoms with Crippen molar-refractivity contribution in [2.45, 2.75) is 13.2 Å². The first-order valence-electron chi connectivity index (χ1n) is 8.31. The summed E-state index contributed by atoms with van der Waals surface area (Å²) in [5, 5.41) is 6.61. The molecule has 0 saturated heterocycles. The van der Waals surface area contributed by atoms with Crippen molar-refractivity contribution >= 4 is 27.4 Å². The first-order valence-corrected chi connectivity index (χ1v) is 9.19. The standard InChI is InChI=1S/C20H18N4OS/c1-25-12-17-23-19(22-11-15-9-5-6-10-21-15)18-16(13-26-20(18)24-17)14-7-3-2-4-8-14/h2-10,13H,11-12H2,1H3,(H,22,23,24). The first kappa shape index (κ1) is 16.6. The number of benzene rings is 1. The van der Waals surface area contributed by atoms with E-state index in [-0.39, 0.29) is 0 Å². The molecule has 3 aromatic heterocycles. The number of nitrogens with one attached hydrogen (secondary N) is 1. The number of hydrogen-bond acceptors (Lipinski definition) is 6. The SMILES string of the molecule is COCc1nc(NCc2ccccn2)c2c(-c3ccccc3)csc2n1. The first-order chi connectivity index (χ1) is 12.8. The molecule has 0 saturated carbocycles. The molecular weight excluding hydrogens is 344 g/mol. The molecule has 0 radical (unpaired) electrons. The molecule has 5 nitrogen and oxygen atoms in total. The van der Waals surface area contributed by atoms with Gasteiger partial charge in [-0.15, -0.1) is 11.3 Å². The molecular formula is C20H18N4OS. The van der Waals surface area contributed by atoms with E-state index in [4.69, 9.17) is 9.72 Å². The van der Waals surface area contributed by atoms with E-state index in [0.717, 1.165) is 32.9 Å². The van der Waals surface area contributed by atoms with Gasteiger partial charge in [0.05, 0.1) is 17.6 Å². The minimum atomic E-state index is 0.382. The lowest BCUT2D eigenvalue weighted by Crippen LogP contribution is -2.06. The molecule has 0 aliphatic rings. The van der Waals surface area contributed by atoms with Crippen LogP contribution in [0.4, 0.5) is 5.82 Å². The van der Waals surface area contributed by atoms with Gasteiger partial charge in [-0.25, -0.2) is 9.97 Å². The normalized spacial score (nSPS) is 11.0. The smallest absolute Gasteiger partial charge is 0.158 e. The minimum Gasteiger partial charge on any atom is -0.377 e. The maximum absolute atomic E-state index is 5.23. The fourth-order valence-electron chi connectivity index (χ4n) is 2.81. The van der Waals surface area contributed by atoms with Crippen LogP contribution in [0.2, 0.25) is 0 Å². The van der Waals surface area contributed by atoms with Gasteiger partial charge < -0.3 is 10.1 Å². The minimum absolute atomic E-state index is 0.382. The lowest BCUT2D eigenvalue weighted by Gasteiger charge is -2.10. The van der Waals surface area contributed by atoms with Gasteiger partial charge in [0.25, 0.3) is 0 Å². The summed E-state index contributed by atoms with van der Waals surface area (Å²) in [5.41, 5.74) is 3.25. The Kier molecular flexibility index (Phi) is 4.86. The summed E-state index contributed by atoms with van der Waals surface area (Å²) < 4.78 is 5.23. The highest BCUT2D eigenvalue weighted by Gasteiger charge is 2.15. The summed E-state index contributed by atoms with van der Waals surface area (Å²) in [6, 6.07) is 16.2. The van der Waals surface area contributed by atoms with Gasteiger partial charge in [0.2, 0.25) is 0 Å². The molecule has 0 aliphatic heterocycles. The van der Waals surface area contributed by atoms with E-state index in [1.165, 1.54) is 0 Å². The quantitative estimate of drug-likeness (QED) is 0.547. The second-order valence-electron chi connectivity index (χ2n) is 5.79. The van der Waals surface area contributed by atoms with Crippen LogP contribution in [-0.4, -0.2) is 22.1 Å². The molecule has 1 aromatic carbocycles. The van der Waals surface area contributed by atoms with Crippen molar-refractivity contribution in [3.05, 3.63) is 71.6 Å². The van der Waals surface area contributed by atoms with Gasteiger partial charge in [-0.05, 0) is 17.7 Å². The molecule has 0 aliphatic carbocycles. The molecule has 3 heterocycles. The number of fused-ring (bicyclic) bond motifs is 1. The predicted octanol–water partition coefficient (Wildman–Crippen LogP) is 4.51. The van der Waals surface area contributed by atoms with E-state index in [9.17, 15) is 0 Å². The summed E-state index contributed by atoms with van der Waals surface area (Å²) in [5.74, 6) is 1.48. The Balaban J connectivity index is 1.78. The predicted molar refractivity (Wildman–Crippen MR) is 105 cm³/mol. The Morgan fingerprint density at radius 2 is 1.88 bits per heavy atom. The summed E-state index contributed by atoms with van der Waals surface area (Å²) in [4.78, 5) is 14.7. The van der Waals surface area contributed by atoms with E-state index in [1.807, 2.05) is 36.4 Å². The molecule has 6 heteroatoms. The van der Waals surface area contributed by atoms with Crippen LogP contribution < -0.4 is 5.32 Å². The largest absolute Gasteiger partial charge is 0.377 e. The molecule has 0 unspecified atom stereocenters. The number of ether oxygens (including phenoxy) is 1. The van der Waals surface area contributed by atoms with E-state index in [2.05, 4.69) is 32.8 Å². The number of hydrogen-bond donors (Lipinski definition) is 1. The fourth-order valence-corrected chi connectivity index (χ4v) is 3.78. The van der Waals surface area contributed by atoms with Gasteiger partial charge in [0.15, 0.2) is 5.82 Å². The van der Waals surface area contributed by atoms with Gasteiger partial charge >= 0.3 is 0 Å². The van der Waals surface area contributed by atoms with Crippen LogP contribution in [0, 0.1) is 0 Å². The highest BCUT2D eigenvalue weighted by Crippen LogP contribution is 2.37. The van der Waals surface area contributed by atoms with Crippen molar-refractivity contribution in [2.75, 3.05) is 12.4 Å². The van der Waals surface area contributed by atoms with E-state index in [1.54, 1.807) is 24.6 Å². The molecule has 0 amide bonds. The molecule has 0 atom stereocenters. The Labute approximate surface area is 155 Å². The summed E-state index contributed by atoms with van der Waals surface area (Å²) in [7, 11) is 1.65. The van der Waals surface area contributed by atoms with Crippen LogP contribution >= 0.6 is 11.3 Å². The monoisotopic (exact) mass is 362 g/mol. The van der Waals surface area contributed by atoms with Crippen LogP contribution in [-0.2, 0) is 17.9 Å². The van der Waals surface area contributed by atoms with Gasteiger partial charge in [0, 0.05) is 24.3 Å². The zero-order valence-electron chi connectivity index (χ0n) is 14.3. The van der Waals surface area contributed by atoms with Crippen LogP contribution in [0.5, 0.6) is 0 Å². The third kappa shape index (κ3) is 3.42. The van der Waals surface area contributed by atoms with Crippen molar-refractivity contribution in [2.24, 2.45) is 0 Å². The number of methoxy groups -OCH3 is 1. The lowest BCUT2D eigenvalue weighted by molar-refractivity contribution is 0.178. The third-order valence-corrected chi connectivity index (χ3v) is 4.87. The molecule has 0 fully saturated rings. The second-order valence-corrected chi connectivity index (χ2v) is 6.65. The Morgan fingerprint density at radius 1 is 1.04 bits per heavy atom. The van der Waals surface area contributed by atoms with Crippen molar-refractivity contribution in [1.29, 1.82) is 0 Å². The lowest BCUT2D eigenvalue weighted by atomic mass is 10.1. The molecule has 26 heavy (non-hydrogen) atoms. The fraction of sp³-hybridized carbons (Fsp3) is 0.150. The molecule has 1 N–H and O–H groups in total. The molecule has 4 aromatic rings. The van der Waals surface area contributed by atoms with Crippen LogP contribution in [0.15, 0.2) is 60.1 Å². The van der Waals surface area contributed by atoms with Crippen LogP contribution in [0.1, 0.15) is 11.5 Å². The summed E-state index contributed by atoms with van der Waals surface area (Å²) in [6.45, 7) is 0.982. The zero-order valence-corrected chi connectivity index (χ0v) is 15.2. The zero-order chi connectivity index (χ0) is 17.8. The van der Waals surface area contributed by atoms with Crippen molar-refractivity contribution in [3.8, 4) is 11.1 Å². The highest BCUT2D eigenvalue weighted by molar-refractivity contribution is 7.17. The van der Waals surface area contributed by atoms with Crippen molar-refractivity contribution in [1.82, 2.24) is 15.0 Å². The van der Waals surface area contributed by atoms with E-state index >= 15 is 0 Å². The van der Waals surface area contributed by atoms with Crippen LogP contribution in [0.25, 0.3) is 21.3 Å². The number of rotatable bonds is 6. The number of nitrogens with zero attached hydrogens (tertiary/aromatic N) is 3. The topological polar surface area (TPSA) is 59.9 Å². The number of aromatic nitrogens is 3. The van der Waals surface area contributed by atoms with Gasteiger partial charge in [-0.3, -0.25) is 4.98 Å². The second kappa shape index (κ2) is 7.59. The van der Waals surface area contributed by atoms with Gasteiger partial charge in [0.1, 0.15) is 17.3 Å². The average Bonchev–Trinajstić information content (AvgIpc) is 3.12. The Morgan fingerprint density at radius 3 is 2.65 bits per heavy atom. The van der Waals surface area contributed by atoms with E-state index in [0.29, 0.717) is 19.0 Å². The van der Waals surface area contributed by atoms with Crippen molar-refractivity contribution < 1.29 is 4.74 Å². The number of pyridine rings is 1. The number of thiophene rings is 1. The van der Waals surface area contributed by atoms with Gasteiger partial charge in [-0.2, -0.15) is 0 Å². The molecule has 0 spiro atoms.